The summed E-state index contributed by atoms with van der Waals surface area (Å²) in [5.41, 5.74) is 12.9. The molecule has 1 aromatic heterocycles. The lowest BCUT2D eigenvalue weighted by Crippen LogP contribution is -2.24. The van der Waals surface area contributed by atoms with E-state index >= 15 is 0 Å². The van der Waals surface area contributed by atoms with E-state index in [0.29, 0.717) is 17.8 Å². The van der Waals surface area contributed by atoms with Crippen LogP contribution < -0.4 is 11.5 Å². The molecule has 2 aromatic carbocycles. The third-order valence-corrected chi connectivity index (χ3v) is 7.07. The van der Waals surface area contributed by atoms with Crippen LogP contribution in [0.5, 0.6) is 0 Å². The number of carboxylic acid groups (broad SMARTS) is 1. The maximum absolute atomic E-state index is 11.7. The number of benzene rings is 2. The van der Waals surface area contributed by atoms with Crippen LogP contribution in [0, 0.1) is 0 Å². The Morgan fingerprint density at radius 1 is 1.00 bits per heavy atom. The second kappa shape index (κ2) is 15.6. The van der Waals surface area contributed by atoms with Crippen LogP contribution in [0.4, 0.5) is 5.82 Å². The van der Waals surface area contributed by atoms with Crippen LogP contribution in [-0.4, -0.2) is 45.8 Å². The van der Waals surface area contributed by atoms with Crippen molar-refractivity contribution >= 4 is 28.5 Å². The maximum atomic E-state index is 11.7. The van der Waals surface area contributed by atoms with Crippen molar-refractivity contribution in [3.63, 3.8) is 0 Å². The minimum absolute atomic E-state index is 0.0633. The summed E-state index contributed by atoms with van der Waals surface area (Å²) in [5, 5.41) is 27.2. The third kappa shape index (κ3) is 10.1. The van der Waals surface area contributed by atoms with Crippen molar-refractivity contribution in [2.24, 2.45) is 16.5 Å². The van der Waals surface area contributed by atoms with Gasteiger partial charge in [-0.15, -0.1) is 0 Å². The number of aliphatic hydroxyl groups is 1. The molecule has 39 heavy (non-hydrogen) atoms. The van der Waals surface area contributed by atoms with E-state index in [0.717, 1.165) is 44.9 Å². The van der Waals surface area contributed by atoms with Gasteiger partial charge in [-0.2, -0.15) is 0 Å². The standard InChI is InChI=1S/C31H42N5O3/c1-2-3-11-27(37)12-6-10-23(25-15-14-22-8-4-5-9-24(22)19-25)16-17-28(36-29-13-7-18-34-29)26(20-30(38)39)21-35-31(32)33/h4-5,7-9,13-15,18-20,23,27-28,34,37H,2-3,6,10-12,16-17,21H2,1H3,(H,38,39)(H4,32,33,35)/q-1. The number of aromatic nitrogens is 1. The summed E-state index contributed by atoms with van der Waals surface area (Å²) < 4.78 is 0. The molecule has 0 spiro atoms. The van der Waals surface area contributed by atoms with Crippen LogP contribution in [0.3, 0.4) is 0 Å². The number of nitrogens with zero attached hydrogens (tertiary/aromatic N) is 2. The molecule has 1 heterocycles. The molecule has 0 saturated heterocycles. The largest absolute Gasteiger partial charge is 0.478 e. The number of hydrogen-bond donors (Lipinski definition) is 5. The number of aromatic amines is 1. The molecule has 0 aliphatic carbocycles. The Kier molecular flexibility index (Phi) is 11.9. The number of aliphatic hydroxyl groups excluding tert-OH is 1. The quantitative estimate of drug-likeness (QED) is 0.0806. The van der Waals surface area contributed by atoms with E-state index in [1.165, 1.54) is 22.4 Å². The normalized spacial score (nSPS) is 14.1. The number of guanidine groups is 1. The first-order valence-corrected chi connectivity index (χ1v) is 13.9. The van der Waals surface area contributed by atoms with Crippen molar-refractivity contribution in [2.75, 3.05) is 6.54 Å². The number of aliphatic imine (C=N–C) groups is 1. The fourth-order valence-electron chi connectivity index (χ4n) is 4.97. The highest BCUT2D eigenvalue weighted by Crippen LogP contribution is 2.34. The van der Waals surface area contributed by atoms with Crippen LogP contribution >= 0.6 is 0 Å². The van der Waals surface area contributed by atoms with Crippen LogP contribution in [0.1, 0.15) is 69.8 Å². The second-order valence-electron chi connectivity index (χ2n) is 10.1. The monoisotopic (exact) mass is 532 g/mol. The Bertz CT molecular complexity index is 1220. The zero-order chi connectivity index (χ0) is 28.0. The van der Waals surface area contributed by atoms with Crippen molar-refractivity contribution in [1.29, 1.82) is 0 Å². The lowest BCUT2D eigenvalue weighted by Gasteiger charge is -2.29. The summed E-state index contributed by atoms with van der Waals surface area (Å²) in [7, 11) is 0. The number of nitrogens with one attached hydrogen (secondary N) is 1. The van der Waals surface area contributed by atoms with Crippen molar-refractivity contribution < 1.29 is 15.0 Å². The predicted octanol–water partition coefficient (Wildman–Crippen LogP) is 6.11. The van der Waals surface area contributed by atoms with Crippen LogP contribution in [-0.2, 0) is 4.79 Å². The molecule has 3 unspecified atom stereocenters. The number of fused-ring (bicyclic) bond motifs is 1. The Morgan fingerprint density at radius 2 is 1.77 bits per heavy atom. The minimum Gasteiger partial charge on any atom is -0.478 e. The Balaban J connectivity index is 1.83. The average molecular weight is 533 g/mol. The predicted molar refractivity (Wildman–Crippen MR) is 159 cm³/mol. The van der Waals surface area contributed by atoms with Gasteiger partial charge in [-0.1, -0.05) is 92.8 Å². The fraction of sp³-hybridized carbons (Fsp3) is 0.419. The molecule has 0 amide bonds. The molecule has 3 aromatic rings. The lowest BCUT2D eigenvalue weighted by atomic mass is 9.85. The number of carbonyl (C=O) groups is 1. The van der Waals surface area contributed by atoms with E-state index < -0.39 is 12.0 Å². The SMILES string of the molecule is CCCCC(O)CCCC(CCC([N-]c1ccc[nH]1)C(=CC(=O)O)CN=C(N)N)c1ccc2ccccc2c1. The molecule has 0 aliphatic heterocycles. The molecule has 8 heteroatoms. The topological polar surface area (TPSA) is 152 Å². The Morgan fingerprint density at radius 3 is 2.46 bits per heavy atom. The van der Waals surface area contributed by atoms with E-state index in [1.54, 1.807) is 6.20 Å². The number of aliphatic carboxylic acids is 1. The Hall–Kier alpha value is -3.78. The van der Waals surface area contributed by atoms with Gasteiger partial charge in [-0.05, 0) is 66.0 Å². The average Bonchev–Trinajstić information content (AvgIpc) is 3.43. The van der Waals surface area contributed by atoms with E-state index in [1.807, 2.05) is 24.3 Å². The van der Waals surface area contributed by atoms with Crippen molar-refractivity contribution in [3.8, 4) is 0 Å². The van der Waals surface area contributed by atoms with E-state index in [2.05, 4.69) is 47.2 Å². The molecular formula is C31H42N5O3-. The number of nitrogens with two attached hydrogens (primary N) is 2. The number of H-pyrrole nitrogens is 1. The van der Waals surface area contributed by atoms with E-state index in [4.69, 9.17) is 16.8 Å². The van der Waals surface area contributed by atoms with Gasteiger partial charge in [0, 0.05) is 6.08 Å². The fourth-order valence-corrected chi connectivity index (χ4v) is 4.97. The molecule has 0 fully saturated rings. The smallest absolute Gasteiger partial charge is 0.328 e. The van der Waals surface area contributed by atoms with Crippen LogP contribution in [0.15, 0.2) is 77.4 Å². The first-order valence-electron chi connectivity index (χ1n) is 13.9. The van der Waals surface area contributed by atoms with Crippen molar-refractivity contribution in [3.05, 3.63) is 83.3 Å². The molecule has 0 radical (unpaired) electrons. The zero-order valence-corrected chi connectivity index (χ0v) is 22.8. The molecule has 8 nitrogen and oxygen atoms in total. The van der Waals surface area contributed by atoms with Gasteiger partial charge in [0.15, 0.2) is 5.96 Å². The summed E-state index contributed by atoms with van der Waals surface area (Å²) in [6, 6.07) is 18.2. The van der Waals surface area contributed by atoms with Gasteiger partial charge in [0.05, 0.1) is 12.6 Å². The summed E-state index contributed by atoms with van der Waals surface area (Å²) in [4.78, 5) is 18.8. The van der Waals surface area contributed by atoms with Gasteiger partial charge >= 0.3 is 5.97 Å². The van der Waals surface area contributed by atoms with Crippen molar-refractivity contribution in [1.82, 2.24) is 4.98 Å². The van der Waals surface area contributed by atoms with E-state index in [9.17, 15) is 15.0 Å². The van der Waals surface area contributed by atoms with Crippen molar-refractivity contribution in [2.45, 2.75) is 76.4 Å². The minimum atomic E-state index is -1.06. The number of rotatable bonds is 17. The third-order valence-electron chi connectivity index (χ3n) is 7.07. The van der Waals surface area contributed by atoms with Gasteiger partial charge in [0.2, 0.25) is 0 Å². The Labute approximate surface area is 231 Å². The highest BCUT2D eigenvalue weighted by molar-refractivity contribution is 5.83. The first kappa shape index (κ1) is 29.8. The van der Waals surface area contributed by atoms with Crippen LogP contribution in [0.25, 0.3) is 16.1 Å². The zero-order valence-electron chi connectivity index (χ0n) is 22.8. The van der Waals surface area contributed by atoms with Gasteiger partial charge in [-0.3, -0.25) is 0 Å². The highest BCUT2D eigenvalue weighted by Gasteiger charge is 2.18. The summed E-state index contributed by atoms with van der Waals surface area (Å²) in [6.07, 6.45) is 9.63. The number of unbranched alkanes of at least 4 members (excludes halogenated alkanes) is 1. The molecule has 0 bridgehead atoms. The number of hydrogen-bond acceptors (Lipinski definition) is 3. The van der Waals surface area contributed by atoms with Gasteiger partial charge < -0.3 is 32.0 Å². The first-order chi connectivity index (χ1) is 18.9. The molecule has 210 valence electrons. The van der Waals surface area contributed by atoms with Gasteiger partial charge in [0.25, 0.3) is 0 Å². The lowest BCUT2D eigenvalue weighted by molar-refractivity contribution is -0.131. The molecule has 3 atom stereocenters. The second-order valence-corrected chi connectivity index (χ2v) is 10.1. The highest BCUT2D eigenvalue weighted by atomic mass is 16.4. The molecule has 7 N–H and O–H groups in total. The van der Waals surface area contributed by atoms with E-state index in [-0.39, 0.29) is 24.5 Å². The number of carboxylic acids is 1. The molecule has 0 aliphatic rings. The summed E-state index contributed by atoms with van der Waals surface area (Å²) >= 11 is 0. The van der Waals surface area contributed by atoms with Crippen LogP contribution in [0.2, 0.25) is 0 Å². The molecule has 0 saturated carbocycles. The molecular weight excluding hydrogens is 490 g/mol. The molecule has 3 rings (SSSR count). The van der Waals surface area contributed by atoms with Gasteiger partial charge in [-0.25, -0.2) is 9.79 Å². The maximum Gasteiger partial charge on any atom is 0.328 e. The summed E-state index contributed by atoms with van der Waals surface area (Å²) in [5.74, 6) is -0.263. The summed E-state index contributed by atoms with van der Waals surface area (Å²) in [6.45, 7) is 2.20. The van der Waals surface area contributed by atoms with Gasteiger partial charge in [0.1, 0.15) is 0 Å².